The number of hydrogen-bond donors (Lipinski definition) is 2. The Morgan fingerprint density at radius 3 is 2.42 bits per heavy atom. The van der Waals surface area contributed by atoms with Crippen LogP contribution in [0.15, 0.2) is 24.3 Å². The molecule has 0 fully saturated rings. The summed E-state index contributed by atoms with van der Waals surface area (Å²) in [5.74, 6) is 0. The SMILES string of the molecule is CC(O)Nc1ccc(C=O)cc1. The summed E-state index contributed by atoms with van der Waals surface area (Å²) in [6.07, 6.45) is 0.207. The number of anilines is 1. The highest BCUT2D eigenvalue weighted by Gasteiger charge is 1.95. The van der Waals surface area contributed by atoms with E-state index >= 15 is 0 Å². The third kappa shape index (κ3) is 2.36. The summed E-state index contributed by atoms with van der Waals surface area (Å²) in [6.45, 7) is 1.63. The van der Waals surface area contributed by atoms with Crippen LogP contribution in [0.5, 0.6) is 0 Å². The Kier molecular flexibility index (Phi) is 2.82. The van der Waals surface area contributed by atoms with Gasteiger partial charge in [0.05, 0.1) is 0 Å². The summed E-state index contributed by atoms with van der Waals surface area (Å²) in [4.78, 5) is 10.3. The fraction of sp³-hybridized carbons (Fsp3) is 0.222. The standard InChI is InChI=1S/C9H11NO2/c1-7(12)10-9-4-2-8(6-11)3-5-9/h2-7,10,12H,1H3. The Balaban J connectivity index is 2.71. The molecule has 0 saturated heterocycles. The van der Waals surface area contributed by atoms with E-state index in [4.69, 9.17) is 5.11 Å². The second-order valence-electron chi connectivity index (χ2n) is 2.56. The average Bonchev–Trinajstić information content (AvgIpc) is 2.05. The van der Waals surface area contributed by atoms with Crippen molar-refractivity contribution in [3.8, 4) is 0 Å². The first-order valence-corrected chi connectivity index (χ1v) is 3.72. The van der Waals surface area contributed by atoms with Gasteiger partial charge in [-0.1, -0.05) is 0 Å². The highest BCUT2D eigenvalue weighted by molar-refractivity contribution is 5.75. The van der Waals surface area contributed by atoms with Gasteiger partial charge in [-0.3, -0.25) is 4.79 Å². The second-order valence-corrected chi connectivity index (χ2v) is 2.56. The van der Waals surface area contributed by atoms with Crippen LogP contribution in [-0.2, 0) is 0 Å². The molecule has 12 heavy (non-hydrogen) atoms. The first-order chi connectivity index (χ1) is 5.72. The van der Waals surface area contributed by atoms with E-state index in [1.807, 2.05) is 0 Å². The summed E-state index contributed by atoms with van der Waals surface area (Å²) in [5, 5.41) is 11.7. The van der Waals surface area contributed by atoms with Gasteiger partial charge in [0.15, 0.2) is 0 Å². The van der Waals surface area contributed by atoms with Crippen molar-refractivity contribution in [2.75, 3.05) is 5.32 Å². The van der Waals surface area contributed by atoms with E-state index in [1.165, 1.54) is 0 Å². The molecule has 3 heteroatoms. The number of hydrogen-bond acceptors (Lipinski definition) is 3. The Hall–Kier alpha value is -1.35. The van der Waals surface area contributed by atoms with E-state index in [9.17, 15) is 4.79 Å². The normalized spacial score (nSPS) is 12.2. The van der Waals surface area contributed by atoms with Crippen LogP contribution in [0.2, 0.25) is 0 Å². The molecule has 1 aromatic rings. The lowest BCUT2D eigenvalue weighted by Crippen LogP contribution is -2.12. The summed E-state index contributed by atoms with van der Waals surface area (Å²) >= 11 is 0. The van der Waals surface area contributed by atoms with E-state index in [2.05, 4.69) is 5.32 Å². The van der Waals surface area contributed by atoms with Crippen molar-refractivity contribution in [2.45, 2.75) is 13.2 Å². The highest BCUT2D eigenvalue weighted by Crippen LogP contribution is 2.08. The number of aliphatic hydroxyl groups is 1. The number of rotatable bonds is 3. The summed E-state index contributed by atoms with van der Waals surface area (Å²) in [7, 11) is 0. The van der Waals surface area contributed by atoms with Crippen LogP contribution >= 0.6 is 0 Å². The number of nitrogens with one attached hydrogen (secondary N) is 1. The molecule has 1 atom stereocenters. The average molecular weight is 165 g/mol. The van der Waals surface area contributed by atoms with Crippen LogP contribution in [0.3, 0.4) is 0 Å². The van der Waals surface area contributed by atoms with Gasteiger partial charge in [0.1, 0.15) is 12.5 Å². The molecule has 0 bridgehead atoms. The Morgan fingerprint density at radius 1 is 1.42 bits per heavy atom. The largest absolute Gasteiger partial charge is 0.374 e. The van der Waals surface area contributed by atoms with Crippen molar-refractivity contribution in [3.05, 3.63) is 29.8 Å². The summed E-state index contributed by atoms with van der Waals surface area (Å²) in [6, 6.07) is 6.88. The van der Waals surface area contributed by atoms with E-state index in [0.717, 1.165) is 12.0 Å². The first-order valence-electron chi connectivity index (χ1n) is 3.72. The topological polar surface area (TPSA) is 49.3 Å². The molecular formula is C9H11NO2. The summed E-state index contributed by atoms with van der Waals surface area (Å²) < 4.78 is 0. The number of carbonyl (C=O) groups is 1. The van der Waals surface area contributed by atoms with E-state index in [-0.39, 0.29) is 0 Å². The van der Waals surface area contributed by atoms with Crippen molar-refractivity contribution >= 4 is 12.0 Å². The smallest absolute Gasteiger partial charge is 0.150 e. The Bertz CT molecular complexity index is 254. The minimum atomic E-state index is -0.577. The van der Waals surface area contributed by atoms with E-state index in [1.54, 1.807) is 31.2 Å². The van der Waals surface area contributed by atoms with Crippen LogP contribution < -0.4 is 5.32 Å². The van der Waals surface area contributed by atoms with Gasteiger partial charge in [-0.05, 0) is 31.2 Å². The molecule has 64 valence electrons. The zero-order valence-corrected chi connectivity index (χ0v) is 6.82. The maximum absolute atomic E-state index is 10.3. The molecule has 0 amide bonds. The zero-order valence-electron chi connectivity index (χ0n) is 6.82. The van der Waals surface area contributed by atoms with Crippen molar-refractivity contribution < 1.29 is 9.90 Å². The van der Waals surface area contributed by atoms with E-state index in [0.29, 0.717) is 5.56 Å². The highest BCUT2D eigenvalue weighted by atomic mass is 16.3. The van der Waals surface area contributed by atoms with Gasteiger partial charge in [0.25, 0.3) is 0 Å². The van der Waals surface area contributed by atoms with E-state index < -0.39 is 6.23 Å². The zero-order chi connectivity index (χ0) is 8.97. The molecule has 0 heterocycles. The van der Waals surface area contributed by atoms with Gasteiger partial charge in [-0.15, -0.1) is 0 Å². The number of carbonyl (C=O) groups excluding carboxylic acids is 1. The molecule has 0 aliphatic rings. The summed E-state index contributed by atoms with van der Waals surface area (Å²) in [5.41, 5.74) is 1.43. The molecule has 0 aliphatic carbocycles. The maximum Gasteiger partial charge on any atom is 0.150 e. The molecule has 3 nitrogen and oxygen atoms in total. The van der Waals surface area contributed by atoms with Crippen LogP contribution in [0.1, 0.15) is 17.3 Å². The predicted octanol–water partition coefficient (Wildman–Crippen LogP) is 1.25. The number of aldehydes is 1. The van der Waals surface area contributed by atoms with Gasteiger partial charge < -0.3 is 10.4 Å². The van der Waals surface area contributed by atoms with Gasteiger partial charge in [-0.2, -0.15) is 0 Å². The molecule has 1 rings (SSSR count). The molecule has 0 radical (unpaired) electrons. The molecule has 2 N–H and O–H groups in total. The lowest BCUT2D eigenvalue weighted by Gasteiger charge is -2.08. The fourth-order valence-electron chi connectivity index (χ4n) is 0.899. The third-order valence-corrected chi connectivity index (χ3v) is 1.42. The van der Waals surface area contributed by atoms with Crippen LogP contribution in [0, 0.1) is 0 Å². The van der Waals surface area contributed by atoms with Gasteiger partial charge in [0, 0.05) is 11.3 Å². The maximum atomic E-state index is 10.3. The molecule has 0 saturated carbocycles. The van der Waals surface area contributed by atoms with Crippen LogP contribution in [0.4, 0.5) is 5.69 Å². The molecule has 1 unspecified atom stereocenters. The van der Waals surface area contributed by atoms with Crippen molar-refractivity contribution in [3.63, 3.8) is 0 Å². The predicted molar refractivity (Wildman–Crippen MR) is 47.1 cm³/mol. The lowest BCUT2D eigenvalue weighted by molar-refractivity contribution is 0.112. The number of aliphatic hydroxyl groups excluding tert-OH is 1. The molecular weight excluding hydrogens is 154 g/mol. The first kappa shape index (κ1) is 8.74. The fourth-order valence-corrected chi connectivity index (χ4v) is 0.899. The Labute approximate surface area is 71.0 Å². The van der Waals surface area contributed by atoms with Crippen molar-refractivity contribution in [1.29, 1.82) is 0 Å². The lowest BCUT2D eigenvalue weighted by atomic mass is 10.2. The van der Waals surface area contributed by atoms with Gasteiger partial charge in [-0.25, -0.2) is 0 Å². The Morgan fingerprint density at radius 2 is 2.00 bits per heavy atom. The third-order valence-electron chi connectivity index (χ3n) is 1.42. The number of benzene rings is 1. The van der Waals surface area contributed by atoms with Gasteiger partial charge >= 0.3 is 0 Å². The molecule has 0 aromatic heterocycles. The second kappa shape index (κ2) is 3.88. The quantitative estimate of drug-likeness (QED) is 0.523. The minimum Gasteiger partial charge on any atom is -0.374 e. The minimum absolute atomic E-state index is 0.577. The monoisotopic (exact) mass is 165 g/mol. The van der Waals surface area contributed by atoms with Crippen molar-refractivity contribution in [1.82, 2.24) is 0 Å². The van der Waals surface area contributed by atoms with Gasteiger partial charge in [0.2, 0.25) is 0 Å². The van der Waals surface area contributed by atoms with Crippen LogP contribution in [-0.4, -0.2) is 17.6 Å². The molecule has 0 spiro atoms. The van der Waals surface area contributed by atoms with Crippen LogP contribution in [0.25, 0.3) is 0 Å². The van der Waals surface area contributed by atoms with Crippen molar-refractivity contribution in [2.24, 2.45) is 0 Å². The molecule has 1 aromatic carbocycles. The molecule has 0 aliphatic heterocycles.